The Hall–Kier alpha value is -4.26. The largest absolute Gasteiger partial charge is 0.497 e. The molecule has 3 atom stereocenters. The van der Waals surface area contributed by atoms with Crippen molar-refractivity contribution < 1.29 is 23.7 Å². The van der Waals surface area contributed by atoms with Crippen LogP contribution in [0.4, 0.5) is 5.69 Å². The average Bonchev–Trinajstić information content (AvgIpc) is 2.92. The molecule has 0 aliphatic heterocycles. The van der Waals surface area contributed by atoms with Gasteiger partial charge >= 0.3 is 0 Å². The molecule has 1 heterocycles. The Balaban J connectivity index is 1.52. The van der Waals surface area contributed by atoms with Gasteiger partial charge in [0.05, 0.1) is 45.6 Å². The molecular formula is C30H30N2O5. The van der Waals surface area contributed by atoms with E-state index in [9.17, 15) is 4.79 Å². The summed E-state index contributed by atoms with van der Waals surface area (Å²) >= 11 is 0. The summed E-state index contributed by atoms with van der Waals surface area (Å²) in [7, 11) is 6.42. The number of fused-ring (bicyclic) bond motifs is 1. The first-order valence-corrected chi connectivity index (χ1v) is 12.2. The minimum Gasteiger partial charge on any atom is -0.497 e. The Kier molecular flexibility index (Phi) is 6.86. The molecule has 1 aromatic heterocycles. The Labute approximate surface area is 216 Å². The molecule has 4 aromatic rings. The monoisotopic (exact) mass is 498 g/mol. The second kappa shape index (κ2) is 10.4. The highest BCUT2D eigenvalue weighted by molar-refractivity contribution is 6.02. The summed E-state index contributed by atoms with van der Waals surface area (Å²) in [5.41, 5.74) is 3.53. The molecular weight excluding hydrogens is 468 g/mol. The lowest BCUT2D eigenvalue weighted by atomic mass is 9.59. The molecule has 1 aliphatic carbocycles. The van der Waals surface area contributed by atoms with Crippen molar-refractivity contribution in [3.05, 3.63) is 84.1 Å². The molecule has 5 rings (SSSR count). The molecule has 7 nitrogen and oxygen atoms in total. The molecule has 0 saturated heterocycles. The molecule has 0 bridgehead atoms. The summed E-state index contributed by atoms with van der Waals surface area (Å²) in [6, 6.07) is 21.5. The van der Waals surface area contributed by atoms with Gasteiger partial charge < -0.3 is 24.3 Å². The summed E-state index contributed by atoms with van der Waals surface area (Å²) in [6.07, 6.45) is 2.54. The topological polar surface area (TPSA) is 78.9 Å². The summed E-state index contributed by atoms with van der Waals surface area (Å²) in [5.74, 6) is 2.10. The van der Waals surface area contributed by atoms with Crippen molar-refractivity contribution in [1.82, 2.24) is 4.98 Å². The zero-order chi connectivity index (χ0) is 25.9. The van der Waals surface area contributed by atoms with Crippen LogP contribution in [0.2, 0.25) is 0 Å². The number of nitrogens with zero attached hydrogens (tertiary/aromatic N) is 1. The predicted octanol–water partition coefficient (Wildman–Crippen LogP) is 5.80. The van der Waals surface area contributed by atoms with Gasteiger partial charge in [0.25, 0.3) is 0 Å². The van der Waals surface area contributed by atoms with E-state index in [1.165, 1.54) is 0 Å². The lowest BCUT2D eigenvalue weighted by Crippen LogP contribution is -2.42. The van der Waals surface area contributed by atoms with Gasteiger partial charge in [-0.05, 0) is 65.8 Å². The number of ether oxygens (including phenoxy) is 4. The van der Waals surface area contributed by atoms with Crippen LogP contribution in [-0.2, 0) is 4.79 Å². The van der Waals surface area contributed by atoms with E-state index in [4.69, 9.17) is 18.9 Å². The number of carbonyl (C=O) groups excluding carboxylic acids is 1. The first kappa shape index (κ1) is 24.4. The van der Waals surface area contributed by atoms with Crippen molar-refractivity contribution in [2.45, 2.75) is 18.3 Å². The number of para-hydroxylation sites is 1. The molecule has 1 N–H and O–H groups in total. The van der Waals surface area contributed by atoms with Crippen molar-refractivity contribution in [1.29, 1.82) is 0 Å². The van der Waals surface area contributed by atoms with Gasteiger partial charge in [-0.1, -0.05) is 30.3 Å². The molecule has 1 amide bonds. The van der Waals surface area contributed by atoms with E-state index in [0.29, 0.717) is 22.9 Å². The summed E-state index contributed by atoms with van der Waals surface area (Å²) in [4.78, 5) is 18.4. The maximum Gasteiger partial charge on any atom is 0.228 e. The molecule has 1 saturated carbocycles. The molecule has 1 fully saturated rings. The van der Waals surface area contributed by atoms with E-state index in [1.54, 1.807) is 34.6 Å². The van der Waals surface area contributed by atoms with Crippen molar-refractivity contribution >= 4 is 22.5 Å². The van der Waals surface area contributed by atoms with Crippen LogP contribution in [0.15, 0.2) is 72.9 Å². The van der Waals surface area contributed by atoms with Crippen LogP contribution in [0.25, 0.3) is 10.9 Å². The zero-order valence-electron chi connectivity index (χ0n) is 21.4. The van der Waals surface area contributed by atoms with Gasteiger partial charge in [-0.25, -0.2) is 0 Å². The molecule has 190 valence electrons. The first-order valence-electron chi connectivity index (χ1n) is 12.2. The van der Waals surface area contributed by atoms with Gasteiger partial charge in [-0.15, -0.1) is 0 Å². The highest BCUT2D eigenvalue weighted by atomic mass is 16.5. The van der Waals surface area contributed by atoms with Crippen molar-refractivity contribution in [2.75, 3.05) is 33.8 Å². The highest BCUT2D eigenvalue weighted by Crippen LogP contribution is 2.55. The minimum atomic E-state index is -0.310. The number of aromatic nitrogens is 1. The van der Waals surface area contributed by atoms with Crippen LogP contribution in [0, 0.1) is 5.92 Å². The van der Waals surface area contributed by atoms with Crippen LogP contribution in [-0.4, -0.2) is 39.3 Å². The van der Waals surface area contributed by atoms with E-state index >= 15 is 0 Å². The van der Waals surface area contributed by atoms with Crippen LogP contribution in [0.3, 0.4) is 0 Å². The SMILES string of the molecule is COc1ccc([C@H]2C[C@@H](c3cc(OC)c(OC)c(OC)c3)[C@H]2C(=O)Nc2cccc3cccnc23)cc1. The number of anilines is 1. The van der Waals surface area contributed by atoms with E-state index < -0.39 is 0 Å². The number of rotatable bonds is 8. The fourth-order valence-corrected chi connectivity index (χ4v) is 5.29. The van der Waals surface area contributed by atoms with E-state index in [-0.39, 0.29) is 23.7 Å². The van der Waals surface area contributed by atoms with E-state index in [1.807, 2.05) is 66.7 Å². The van der Waals surface area contributed by atoms with Gasteiger partial charge in [0, 0.05) is 11.6 Å². The number of methoxy groups -OCH3 is 4. The van der Waals surface area contributed by atoms with E-state index in [2.05, 4.69) is 10.3 Å². The second-order valence-corrected chi connectivity index (χ2v) is 9.08. The third-order valence-corrected chi connectivity index (χ3v) is 7.23. The Morgan fingerprint density at radius 1 is 0.811 bits per heavy atom. The van der Waals surface area contributed by atoms with Gasteiger partial charge in [0.2, 0.25) is 11.7 Å². The smallest absolute Gasteiger partial charge is 0.228 e. The Morgan fingerprint density at radius 2 is 1.49 bits per heavy atom. The second-order valence-electron chi connectivity index (χ2n) is 9.08. The number of pyridine rings is 1. The van der Waals surface area contributed by atoms with Gasteiger partial charge in [0.1, 0.15) is 5.75 Å². The van der Waals surface area contributed by atoms with Crippen LogP contribution >= 0.6 is 0 Å². The summed E-state index contributed by atoms with van der Waals surface area (Å²) in [5, 5.41) is 4.15. The summed E-state index contributed by atoms with van der Waals surface area (Å²) < 4.78 is 22.0. The highest BCUT2D eigenvalue weighted by Gasteiger charge is 2.47. The summed E-state index contributed by atoms with van der Waals surface area (Å²) in [6.45, 7) is 0. The molecule has 0 radical (unpaired) electrons. The normalized spacial score (nSPS) is 18.5. The van der Waals surface area contributed by atoms with Crippen LogP contribution < -0.4 is 24.3 Å². The fraction of sp³-hybridized carbons (Fsp3) is 0.267. The average molecular weight is 499 g/mol. The first-order chi connectivity index (χ1) is 18.1. The number of carbonyl (C=O) groups is 1. The number of hydrogen-bond donors (Lipinski definition) is 1. The zero-order valence-corrected chi connectivity index (χ0v) is 21.4. The van der Waals surface area contributed by atoms with Crippen molar-refractivity contribution in [3.8, 4) is 23.0 Å². The minimum absolute atomic E-state index is 0.0382. The van der Waals surface area contributed by atoms with Crippen molar-refractivity contribution in [3.63, 3.8) is 0 Å². The van der Waals surface area contributed by atoms with E-state index in [0.717, 1.165) is 34.2 Å². The van der Waals surface area contributed by atoms with Gasteiger partial charge in [-0.3, -0.25) is 9.78 Å². The maximum atomic E-state index is 13.9. The number of benzene rings is 3. The lowest BCUT2D eigenvalue weighted by molar-refractivity contribution is -0.124. The van der Waals surface area contributed by atoms with Gasteiger partial charge in [-0.2, -0.15) is 0 Å². The van der Waals surface area contributed by atoms with Gasteiger partial charge in [0.15, 0.2) is 11.5 Å². The molecule has 1 aliphatic rings. The Morgan fingerprint density at radius 3 is 2.14 bits per heavy atom. The number of nitrogens with one attached hydrogen (secondary N) is 1. The van der Waals surface area contributed by atoms with Crippen LogP contribution in [0.5, 0.6) is 23.0 Å². The third kappa shape index (κ3) is 4.53. The fourth-order valence-electron chi connectivity index (χ4n) is 5.29. The quantitative estimate of drug-likeness (QED) is 0.331. The lowest BCUT2D eigenvalue weighted by Gasteiger charge is -2.44. The molecule has 0 unspecified atom stereocenters. The number of amides is 1. The molecule has 37 heavy (non-hydrogen) atoms. The molecule has 7 heteroatoms. The predicted molar refractivity (Wildman–Crippen MR) is 143 cm³/mol. The third-order valence-electron chi connectivity index (χ3n) is 7.23. The number of hydrogen-bond acceptors (Lipinski definition) is 6. The Bertz CT molecular complexity index is 1390. The molecule has 3 aromatic carbocycles. The van der Waals surface area contributed by atoms with Crippen molar-refractivity contribution in [2.24, 2.45) is 5.92 Å². The standard InChI is InChI=1S/C30H30N2O5/c1-34-21-12-10-18(11-13-21)22-17-23(20-15-25(35-2)29(37-4)26(16-20)36-3)27(22)30(33)32-24-9-5-7-19-8-6-14-31-28(19)24/h5-16,22-23,27H,17H2,1-4H3,(H,32,33)/t22-,23+,27+/m1/s1. The molecule has 0 spiro atoms. The van der Waals surface area contributed by atoms with Crippen LogP contribution in [0.1, 0.15) is 29.4 Å². The maximum absolute atomic E-state index is 13.9.